The lowest BCUT2D eigenvalue weighted by molar-refractivity contribution is -0.127. The molecule has 4 nitrogen and oxygen atoms in total. The van der Waals surface area contributed by atoms with E-state index in [1.807, 2.05) is 26.0 Å². The van der Waals surface area contributed by atoms with Gasteiger partial charge in [0.2, 0.25) is 0 Å². The molecule has 0 radical (unpaired) electrons. The molecule has 4 heteroatoms. The van der Waals surface area contributed by atoms with Gasteiger partial charge in [-0.2, -0.15) is 0 Å². The van der Waals surface area contributed by atoms with Crippen LogP contribution in [0.25, 0.3) is 0 Å². The highest BCUT2D eigenvalue weighted by molar-refractivity contribution is 5.80. The normalized spacial score (nSPS) is 14.0. The molecule has 0 aliphatic heterocycles. The topological polar surface area (TPSA) is 58.6 Å². The maximum atomic E-state index is 11.8. The first-order chi connectivity index (χ1) is 8.91. The van der Waals surface area contributed by atoms with Crippen LogP contribution < -0.4 is 10.1 Å². The lowest BCUT2D eigenvalue weighted by atomic mass is 10.1. The molecule has 1 unspecified atom stereocenters. The molecule has 19 heavy (non-hydrogen) atoms. The molecule has 0 aliphatic rings. The van der Waals surface area contributed by atoms with Gasteiger partial charge in [0.1, 0.15) is 5.75 Å². The lowest BCUT2D eigenvalue weighted by Crippen LogP contribution is -2.38. The van der Waals surface area contributed by atoms with Crippen LogP contribution in [0, 0.1) is 5.92 Å². The summed E-state index contributed by atoms with van der Waals surface area (Å²) in [4.78, 5) is 11.8. The second-order valence-electron chi connectivity index (χ2n) is 5.11. The summed E-state index contributed by atoms with van der Waals surface area (Å²) in [5.41, 5.74) is 0.686. The lowest BCUT2D eigenvalue weighted by Gasteiger charge is -2.18. The summed E-state index contributed by atoms with van der Waals surface area (Å²) in [6, 6.07) is 7.20. The highest BCUT2D eigenvalue weighted by atomic mass is 16.5. The van der Waals surface area contributed by atoms with E-state index >= 15 is 0 Å². The van der Waals surface area contributed by atoms with Gasteiger partial charge in [0.15, 0.2) is 6.10 Å². The van der Waals surface area contributed by atoms with Crippen molar-refractivity contribution in [3.63, 3.8) is 0 Å². The Labute approximate surface area is 114 Å². The van der Waals surface area contributed by atoms with Crippen LogP contribution in [-0.2, 0) is 4.79 Å². The first-order valence-electron chi connectivity index (χ1n) is 6.63. The van der Waals surface area contributed by atoms with E-state index in [9.17, 15) is 9.90 Å². The van der Waals surface area contributed by atoms with Crippen molar-refractivity contribution in [2.45, 2.75) is 39.9 Å². The zero-order valence-corrected chi connectivity index (χ0v) is 12.0. The summed E-state index contributed by atoms with van der Waals surface area (Å²) in [6.45, 7) is 8.08. The maximum Gasteiger partial charge on any atom is 0.260 e. The SMILES string of the molecule is CC(C)CNC(=O)C(C)Oc1ccccc1[C@H](C)O. The van der Waals surface area contributed by atoms with Gasteiger partial charge < -0.3 is 15.2 Å². The molecule has 2 N–H and O–H groups in total. The van der Waals surface area contributed by atoms with Crippen LogP contribution in [0.3, 0.4) is 0 Å². The maximum absolute atomic E-state index is 11.8. The molecule has 0 bridgehead atoms. The summed E-state index contributed by atoms with van der Waals surface area (Å²) in [7, 11) is 0. The van der Waals surface area contributed by atoms with E-state index in [1.54, 1.807) is 26.0 Å². The Bertz CT molecular complexity index is 416. The first kappa shape index (κ1) is 15.5. The second kappa shape index (κ2) is 7.14. The average Bonchev–Trinajstić information content (AvgIpc) is 2.36. The van der Waals surface area contributed by atoms with Gasteiger partial charge >= 0.3 is 0 Å². The number of amides is 1. The van der Waals surface area contributed by atoms with Crippen LogP contribution in [0.15, 0.2) is 24.3 Å². The molecule has 0 spiro atoms. The second-order valence-corrected chi connectivity index (χ2v) is 5.11. The Hall–Kier alpha value is -1.55. The van der Waals surface area contributed by atoms with Crippen molar-refractivity contribution < 1.29 is 14.6 Å². The average molecular weight is 265 g/mol. The molecule has 1 aromatic carbocycles. The van der Waals surface area contributed by atoms with Crippen LogP contribution in [-0.4, -0.2) is 23.7 Å². The van der Waals surface area contributed by atoms with E-state index in [1.165, 1.54) is 0 Å². The number of rotatable bonds is 6. The number of carbonyl (C=O) groups is 1. The minimum Gasteiger partial charge on any atom is -0.481 e. The number of carbonyl (C=O) groups excluding carboxylic acids is 1. The number of hydrogen-bond acceptors (Lipinski definition) is 3. The van der Waals surface area contributed by atoms with Crippen LogP contribution in [0.5, 0.6) is 5.75 Å². The number of ether oxygens (including phenoxy) is 1. The molecule has 0 fully saturated rings. The summed E-state index contributed by atoms with van der Waals surface area (Å²) < 4.78 is 5.63. The summed E-state index contributed by atoms with van der Waals surface area (Å²) in [5, 5.41) is 12.5. The van der Waals surface area contributed by atoms with E-state index in [-0.39, 0.29) is 5.91 Å². The van der Waals surface area contributed by atoms with Crippen molar-refractivity contribution in [3.8, 4) is 5.75 Å². The molecule has 0 aliphatic carbocycles. The molecule has 1 amide bonds. The summed E-state index contributed by atoms with van der Waals surface area (Å²) >= 11 is 0. The molecule has 2 atom stereocenters. The van der Waals surface area contributed by atoms with Crippen molar-refractivity contribution in [1.29, 1.82) is 0 Å². The number of hydrogen-bond donors (Lipinski definition) is 2. The monoisotopic (exact) mass is 265 g/mol. The molecular weight excluding hydrogens is 242 g/mol. The molecule has 0 heterocycles. The van der Waals surface area contributed by atoms with Gasteiger partial charge in [-0.3, -0.25) is 4.79 Å². The Morgan fingerprint density at radius 1 is 1.26 bits per heavy atom. The van der Waals surface area contributed by atoms with Crippen LogP contribution in [0.1, 0.15) is 39.4 Å². The number of aliphatic hydroxyl groups is 1. The van der Waals surface area contributed by atoms with Crippen molar-refractivity contribution >= 4 is 5.91 Å². The van der Waals surface area contributed by atoms with Crippen molar-refractivity contribution in [2.24, 2.45) is 5.92 Å². The highest BCUT2D eigenvalue weighted by Crippen LogP contribution is 2.25. The smallest absolute Gasteiger partial charge is 0.260 e. The summed E-state index contributed by atoms with van der Waals surface area (Å²) in [6.07, 6.45) is -1.21. The van der Waals surface area contributed by atoms with Gasteiger partial charge in [0.05, 0.1) is 6.10 Å². The third kappa shape index (κ3) is 4.91. The van der Waals surface area contributed by atoms with E-state index in [0.717, 1.165) is 0 Å². The fourth-order valence-corrected chi connectivity index (χ4v) is 1.63. The van der Waals surface area contributed by atoms with Gasteiger partial charge in [-0.05, 0) is 25.8 Å². The van der Waals surface area contributed by atoms with Crippen LogP contribution in [0.4, 0.5) is 0 Å². The zero-order valence-electron chi connectivity index (χ0n) is 12.0. The molecule has 0 aromatic heterocycles. The fourth-order valence-electron chi connectivity index (χ4n) is 1.63. The Morgan fingerprint density at radius 2 is 1.89 bits per heavy atom. The third-order valence-corrected chi connectivity index (χ3v) is 2.73. The largest absolute Gasteiger partial charge is 0.481 e. The zero-order chi connectivity index (χ0) is 14.4. The van der Waals surface area contributed by atoms with Crippen LogP contribution >= 0.6 is 0 Å². The molecule has 0 saturated carbocycles. The predicted molar refractivity (Wildman–Crippen MR) is 75.0 cm³/mol. The van der Waals surface area contributed by atoms with Crippen molar-refractivity contribution in [1.82, 2.24) is 5.32 Å². The Kier molecular flexibility index (Phi) is 5.83. The van der Waals surface area contributed by atoms with Gasteiger partial charge in [-0.25, -0.2) is 0 Å². The molecule has 1 rings (SSSR count). The minimum atomic E-state index is -0.623. The van der Waals surface area contributed by atoms with Crippen LogP contribution in [0.2, 0.25) is 0 Å². The van der Waals surface area contributed by atoms with E-state index in [4.69, 9.17) is 4.74 Å². The van der Waals surface area contributed by atoms with E-state index in [0.29, 0.717) is 23.8 Å². The molecule has 1 aromatic rings. The van der Waals surface area contributed by atoms with Crippen molar-refractivity contribution in [3.05, 3.63) is 29.8 Å². The highest BCUT2D eigenvalue weighted by Gasteiger charge is 2.17. The minimum absolute atomic E-state index is 0.144. The van der Waals surface area contributed by atoms with Gasteiger partial charge in [0, 0.05) is 12.1 Å². The standard InChI is InChI=1S/C15H23NO3/c1-10(2)9-16-15(18)12(4)19-14-8-6-5-7-13(14)11(3)17/h5-8,10-12,17H,9H2,1-4H3,(H,16,18)/t11-,12?/m0/s1. The molecule has 106 valence electrons. The molecule has 0 saturated heterocycles. The number of benzene rings is 1. The predicted octanol–water partition coefficient (Wildman–Crippen LogP) is 2.28. The van der Waals surface area contributed by atoms with Gasteiger partial charge in [-0.1, -0.05) is 32.0 Å². The van der Waals surface area contributed by atoms with Gasteiger partial charge in [0.25, 0.3) is 5.91 Å². The number of para-hydroxylation sites is 1. The van der Waals surface area contributed by atoms with Gasteiger partial charge in [-0.15, -0.1) is 0 Å². The number of aliphatic hydroxyl groups excluding tert-OH is 1. The quantitative estimate of drug-likeness (QED) is 0.829. The third-order valence-electron chi connectivity index (χ3n) is 2.73. The van der Waals surface area contributed by atoms with E-state index < -0.39 is 12.2 Å². The first-order valence-corrected chi connectivity index (χ1v) is 6.63. The molecular formula is C15H23NO3. The van der Waals surface area contributed by atoms with E-state index in [2.05, 4.69) is 5.32 Å². The fraction of sp³-hybridized carbons (Fsp3) is 0.533. The number of nitrogens with one attached hydrogen (secondary N) is 1. The van der Waals surface area contributed by atoms with Crippen molar-refractivity contribution in [2.75, 3.05) is 6.54 Å². The Balaban J connectivity index is 2.66. The Morgan fingerprint density at radius 3 is 2.47 bits per heavy atom. The summed E-state index contributed by atoms with van der Waals surface area (Å²) in [5.74, 6) is 0.805.